The summed E-state index contributed by atoms with van der Waals surface area (Å²) in [5.41, 5.74) is 1.20. The SMILES string of the molecule is CC(=O)c1ccc(N=Cc2cc([N+](=O)[O-])cc(Br)c2O)cc1. The van der Waals surface area contributed by atoms with Crippen LogP contribution in [0, 0.1) is 10.1 Å². The van der Waals surface area contributed by atoms with E-state index in [0.29, 0.717) is 11.3 Å². The van der Waals surface area contributed by atoms with Gasteiger partial charge in [0.15, 0.2) is 5.78 Å². The number of halogens is 1. The normalized spacial score (nSPS) is 10.8. The Labute approximate surface area is 134 Å². The number of carbonyl (C=O) groups is 1. The lowest BCUT2D eigenvalue weighted by Gasteiger charge is -2.02. The summed E-state index contributed by atoms with van der Waals surface area (Å²) in [6.07, 6.45) is 1.33. The van der Waals surface area contributed by atoms with Gasteiger partial charge < -0.3 is 5.11 Å². The van der Waals surface area contributed by atoms with Gasteiger partial charge in [-0.2, -0.15) is 0 Å². The van der Waals surface area contributed by atoms with Gasteiger partial charge in [-0.1, -0.05) is 0 Å². The Bertz CT molecular complexity index is 770. The highest BCUT2D eigenvalue weighted by Crippen LogP contribution is 2.31. The van der Waals surface area contributed by atoms with Crippen molar-refractivity contribution in [3.8, 4) is 5.75 Å². The Morgan fingerprint density at radius 2 is 1.95 bits per heavy atom. The van der Waals surface area contributed by atoms with Gasteiger partial charge in [0.25, 0.3) is 5.69 Å². The van der Waals surface area contributed by atoms with Crippen LogP contribution in [-0.4, -0.2) is 22.0 Å². The predicted molar refractivity (Wildman–Crippen MR) is 86.2 cm³/mol. The van der Waals surface area contributed by atoms with Gasteiger partial charge in [-0.3, -0.25) is 19.9 Å². The molecule has 0 aliphatic carbocycles. The summed E-state index contributed by atoms with van der Waals surface area (Å²) in [6.45, 7) is 1.47. The van der Waals surface area contributed by atoms with Crippen LogP contribution in [-0.2, 0) is 0 Å². The fourth-order valence-corrected chi connectivity index (χ4v) is 2.20. The fraction of sp³-hybridized carbons (Fsp3) is 0.0667. The zero-order valence-corrected chi connectivity index (χ0v) is 13.1. The van der Waals surface area contributed by atoms with Crippen LogP contribution in [0.15, 0.2) is 45.9 Å². The highest BCUT2D eigenvalue weighted by Gasteiger charge is 2.13. The Morgan fingerprint density at radius 3 is 2.50 bits per heavy atom. The summed E-state index contributed by atoms with van der Waals surface area (Å²) >= 11 is 3.06. The molecule has 0 atom stereocenters. The molecule has 2 aromatic rings. The van der Waals surface area contributed by atoms with Crippen LogP contribution < -0.4 is 0 Å². The van der Waals surface area contributed by atoms with Crippen molar-refractivity contribution in [3.63, 3.8) is 0 Å². The first-order valence-corrected chi connectivity index (χ1v) is 7.00. The number of phenols is 1. The monoisotopic (exact) mass is 362 g/mol. The summed E-state index contributed by atoms with van der Waals surface area (Å²) in [5, 5.41) is 20.7. The second-order valence-electron chi connectivity index (χ2n) is 4.48. The quantitative estimate of drug-likeness (QED) is 0.384. The van der Waals surface area contributed by atoms with E-state index in [1.165, 1.54) is 25.3 Å². The van der Waals surface area contributed by atoms with Crippen LogP contribution in [0.3, 0.4) is 0 Å². The smallest absolute Gasteiger partial charge is 0.271 e. The van der Waals surface area contributed by atoms with Gasteiger partial charge in [-0.05, 0) is 47.1 Å². The van der Waals surface area contributed by atoms with E-state index in [9.17, 15) is 20.0 Å². The van der Waals surface area contributed by atoms with Crippen molar-refractivity contribution in [1.29, 1.82) is 0 Å². The summed E-state index contributed by atoms with van der Waals surface area (Å²) < 4.78 is 0.218. The van der Waals surface area contributed by atoms with Crippen LogP contribution in [0.1, 0.15) is 22.8 Å². The molecule has 0 saturated heterocycles. The van der Waals surface area contributed by atoms with Crippen molar-refractivity contribution in [2.45, 2.75) is 6.92 Å². The number of aliphatic imine (C=N–C) groups is 1. The molecule has 0 unspecified atom stereocenters. The maximum absolute atomic E-state index is 11.2. The lowest BCUT2D eigenvalue weighted by atomic mass is 10.1. The Balaban J connectivity index is 2.33. The third-order valence-electron chi connectivity index (χ3n) is 2.92. The van der Waals surface area contributed by atoms with Crippen molar-refractivity contribution < 1.29 is 14.8 Å². The van der Waals surface area contributed by atoms with Gasteiger partial charge in [0.2, 0.25) is 0 Å². The predicted octanol–water partition coefficient (Wildman–Crippen LogP) is 4.02. The zero-order chi connectivity index (χ0) is 16.3. The van der Waals surface area contributed by atoms with Crippen LogP contribution >= 0.6 is 15.9 Å². The van der Waals surface area contributed by atoms with E-state index in [2.05, 4.69) is 20.9 Å². The van der Waals surface area contributed by atoms with Crippen molar-refractivity contribution >= 4 is 39.3 Å². The second-order valence-corrected chi connectivity index (χ2v) is 5.34. The number of nitro groups is 1. The Kier molecular flexibility index (Phi) is 4.67. The molecule has 112 valence electrons. The molecule has 0 aliphatic heterocycles. The first-order chi connectivity index (χ1) is 10.4. The van der Waals surface area contributed by atoms with Crippen molar-refractivity contribution in [2.24, 2.45) is 4.99 Å². The highest BCUT2D eigenvalue weighted by atomic mass is 79.9. The van der Waals surface area contributed by atoms with Gasteiger partial charge in [0, 0.05) is 29.5 Å². The molecular formula is C15H11BrN2O4. The van der Waals surface area contributed by atoms with Crippen molar-refractivity contribution in [3.05, 3.63) is 62.1 Å². The Hall–Kier alpha value is -2.54. The molecule has 0 aromatic heterocycles. The van der Waals surface area contributed by atoms with Crippen LogP contribution in [0.2, 0.25) is 0 Å². The Morgan fingerprint density at radius 1 is 1.32 bits per heavy atom. The summed E-state index contributed by atoms with van der Waals surface area (Å²) in [7, 11) is 0. The van der Waals surface area contributed by atoms with Gasteiger partial charge in [-0.15, -0.1) is 0 Å². The molecule has 7 heteroatoms. The van der Waals surface area contributed by atoms with Gasteiger partial charge in [-0.25, -0.2) is 0 Å². The lowest BCUT2D eigenvalue weighted by Crippen LogP contribution is -1.92. The topological polar surface area (TPSA) is 92.8 Å². The molecule has 0 radical (unpaired) electrons. The maximum atomic E-state index is 11.2. The summed E-state index contributed by atoms with van der Waals surface area (Å²) in [4.78, 5) is 25.6. The average Bonchev–Trinajstić information content (AvgIpc) is 2.48. The molecule has 0 aliphatic rings. The fourth-order valence-electron chi connectivity index (χ4n) is 1.74. The molecule has 2 rings (SSSR count). The van der Waals surface area contributed by atoms with E-state index >= 15 is 0 Å². The minimum Gasteiger partial charge on any atom is -0.506 e. The standard InChI is InChI=1S/C15H11BrN2O4/c1-9(19)10-2-4-12(5-3-10)17-8-11-6-13(18(21)22)7-14(16)15(11)20/h2-8,20H,1H3. The van der Waals surface area contributed by atoms with Crippen LogP contribution in [0.25, 0.3) is 0 Å². The van der Waals surface area contributed by atoms with E-state index in [-0.39, 0.29) is 27.3 Å². The van der Waals surface area contributed by atoms with Crippen LogP contribution in [0.4, 0.5) is 11.4 Å². The number of hydrogen-bond donors (Lipinski definition) is 1. The first kappa shape index (κ1) is 15.8. The van der Waals surface area contributed by atoms with E-state index in [1.807, 2.05) is 0 Å². The second kappa shape index (κ2) is 6.48. The number of hydrogen-bond acceptors (Lipinski definition) is 5. The number of aromatic hydroxyl groups is 1. The zero-order valence-electron chi connectivity index (χ0n) is 11.5. The van der Waals surface area contributed by atoms with E-state index < -0.39 is 4.92 Å². The summed E-state index contributed by atoms with van der Waals surface area (Å²) in [6, 6.07) is 9.02. The number of carbonyl (C=O) groups excluding carboxylic acids is 1. The molecule has 0 saturated carbocycles. The van der Waals surface area contributed by atoms with E-state index in [1.54, 1.807) is 24.3 Å². The molecule has 0 heterocycles. The molecule has 0 bridgehead atoms. The van der Waals surface area contributed by atoms with Gasteiger partial charge >= 0.3 is 0 Å². The molecule has 1 N–H and O–H groups in total. The van der Waals surface area contributed by atoms with Crippen molar-refractivity contribution in [2.75, 3.05) is 0 Å². The van der Waals surface area contributed by atoms with E-state index in [0.717, 1.165) is 0 Å². The number of ketones is 1. The minimum absolute atomic E-state index is 0.0456. The molecule has 2 aromatic carbocycles. The average molecular weight is 363 g/mol. The van der Waals surface area contributed by atoms with Crippen molar-refractivity contribution in [1.82, 2.24) is 0 Å². The number of phenolic OH excluding ortho intramolecular Hbond substituents is 1. The molecule has 0 amide bonds. The first-order valence-electron chi connectivity index (χ1n) is 6.20. The molecule has 6 nitrogen and oxygen atoms in total. The maximum Gasteiger partial charge on any atom is 0.271 e. The highest BCUT2D eigenvalue weighted by molar-refractivity contribution is 9.10. The third-order valence-corrected chi connectivity index (χ3v) is 3.52. The number of Topliss-reactive ketones (excluding diaryl/α,β-unsaturated/α-hetero) is 1. The largest absolute Gasteiger partial charge is 0.506 e. The van der Waals surface area contributed by atoms with Crippen LogP contribution in [0.5, 0.6) is 5.75 Å². The third kappa shape index (κ3) is 3.56. The molecular weight excluding hydrogens is 352 g/mol. The minimum atomic E-state index is -0.552. The molecule has 22 heavy (non-hydrogen) atoms. The van der Waals surface area contributed by atoms with Gasteiger partial charge in [0.1, 0.15) is 5.75 Å². The number of nitro benzene ring substituents is 1. The number of rotatable bonds is 4. The molecule has 0 spiro atoms. The number of nitrogens with zero attached hydrogens (tertiary/aromatic N) is 2. The van der Waals surface area contributed by atoms with E-state index in [4.69, 9.17) is 0 Å². The summed E-state index contributed by atoms with van der Waals surface area (Å²) in [5.74, 6) is -0.175. The number of non-ortho nitro benzene ring substituents is 1. The molecule has 0 fully saturated rings. The number of benzene rings is 2. The lowest BCUT2D eigenvalue weighted by molar-refractivity contribution is -0.385. The van der Waals surface area contributed by atoms with Gasteiger partial charge in [0.05, 0.1) is 15.1 Å².